The third-order valence-corrected chi connectivity index (χ3v) is 9.02. The summed E-state index contributed by atoms with van der Waals surface area (Å²) in [6.45, 7) is 10.6. The van der Waals surface area contributed by atoms with Gasteiger partial charge in [-0.25, -0.2) is 0 Å². The van der Waals surface area contributed by atoms with Crippen LogP contribution in [0.1, 0.15) is 71.8 Å². The first kappa shape index (κ1) is 37.7. The molecule has 0 radical (unpaired) electrons. The zero-order valence-corrected chi connectivity index (χ0v) is 30.4. The number of benzene rings is 3. The summed E-state index contributed by atoms with van der Waals surface area (Å²) < 4.78 is 24.1. The molecule has 4 unspecified atom stereocenters. The van der Waals surface area contributed by atoms with E-state index < -0.39 is 47.4 Å². The predicted octanol–water partition coefficient (Wildman–Crippen LogP) is 7.53. The monoisotopic (exact) mass is 738 g/mol. The van der Waals surface area contributed by atoms with E-state index in [1.165, 1.54) is 6.92 Å². The van der Waals surface area contributed by atoms with Gasteiger partial charge in [-0.05, 0) is 92.0 Å². The number of unbranched alkanes of at least 4 members (excludes halogenated alkanes) is 2. The van der Waals surface area contributed by atoms with Crippen LogP contribution in [0.5, 0.6) is 23.0 Å². The van der Waals surface area contributed by atoms with E-state index in [-0.39, 0.29) is 0 Å². The number of hydrogen-bond donors (Lipinski definition) is 3. The largest absolute Gasteiger partial charge is 0.492 e. The van der Waals surface area contributed by atoms with E-state index in [1.54, 1.807) is 60.7 Å². The Morgan fingerprint density at radius 2 is 1.37 bits per heavy atom. The molecule has 4 rings (SSSR count). The highest BCUT2D eigenvalue weighted by Gasteiger charge is 2.56. The summed E-state index contributed by atoms with van der Waals surface area (Å²) in [7, 11) is 0. The standard InChI is InChI=1S/C38H47BrN2O8/c1-6-10-15-20-49-35-25(39)21-24(22-31(35)48-9-4)32-33(36(43)40-26-16-11-13-18-29(26)46-7-2)28(42)23-38(5,45)34(32)37(44)41-27-17-12-14-19-30(27)47-8-3/h11-14,16-19,21-22,32-34,45H,6-10,15,20,23H2,1-5H3,(H,40,43)(H,41,44). The van der Waals surface area contributed by atoms with E-state index in [4.69, 9.17) is 18.9 Å². The van der Waals surface area contributed by atoms with Crippen molar-refractivity contribution in [1.29, 1.82) is 0 Å². The van der Waals surface area contributed by atoms with Crippen LogP contribution in [-0.2, 0) is 14.4 Å². The van der Waals surface area contributed by atoms with Gasteiger partial charge in [-0.1, -0.05) is 44.0 Å². The summed E-state index contributed by atoms with van der Waals surface area (Å²) in [5.74, 6) is -3.66. The molecular weight excluding hydrogens is 692 g/mol. The number of ether oxygens (including phenoxy) is 4. The fourth-order valence-corrected chi connectivity index (χ4v) is 6.90. The molecule has 3 aromatic rings. The number of halogens is 1. The Labute approximate surface area is 297 Å². The maximum absolute atomic E-state index is 14.4. The van der Waals surface area contributed by atoms with Crippen molar-refractivity contribution in [1.82, 2.24) is 0 Å². The number of nitrogens with one attached hydrogen (secondary N) is 2. The molecule has 11 heteroatoms. The Morgan fingerprint density at radius 1 is 0.816 bits per heavy atom. The summed E-state index contributed by atoms with van der Waals surface area (Å²) >= 11 is 3.64. The topological polar surface area (TPSA) is 132 Å². The first-order chi connectivity index (χ1) is 23.6. The fraction of sp³-hybridized carbons (Fsp3) is 0.447. The lowest BCUT2D eigenvalue weighted by Crippen LogP contribution is -2.56. The van der Waals surface area contributed by atoms with Crippen molar-refractivity contribution in [3.63, 3.8) is 0 Å². The van der Waals surface area contributed by atoms with E-state index >= 15 is 0 Å². The number of carbonyl (C=O) groups is 3. The first-order valence-corrected chi connectivity index (χ1v) is 17.7. The van der Waals surface area contributed by atoms with Gasteiger partial charge in [-0.3, -0.25) is 14.4 Å². The molecule has 4 atom stereocenters. The van der Waals surface area contributed by atoms with Crippen LogP contribution in [0.15, 0.2) is 65.1 Å². The van der Waals surface area contributed by atoms with E-state index in [2.05, 4.69) is 33.5 Å². The van der Waals surface area contributed by atoms with Gasteiger partial charge >= 0.3 is 0 Å². The molecule has 0 aliphatic heterocycles. The summed E-state index contributed by atoms with van der Waals surface area (Å²) in [5.41, 5.74) is -0.586. The summed E-state index contributed by atoms with van der Waals surface area (Å²) in [5, 5.41) is 17.7. The smallest absolute Gasteiger partial charge is 0.235 e. The van der Waals surface area contributed by atoms with Crippen LogP contribution in [0.4, 0.5) is 11.4 Å². The molecule has 1 aliphatic rings. The number of carbonyl (C=O) groups excluding carboxylic acids is 3. The lowest BCUT2D eigenvalue weighted by molar-refractivity contribution is -0.150. The van der Waals surface area contributed by atoms with Crippen LogP contribution in [0.3, 0.4) is 0 Å². The Balaban J connectivity index is 1.85. The lowest BCUT2D eigenvalue weighted by Gasteiger charge is -2.44. The quantitative estimate of drug-likeness (QED) is 0.102. The third-order valence-electron chi connectivity index (χ3n) is 8.43. The molecule has 3 aromatic carbocycles. The van der Waals surface area contributed by atoms with Gasteiger partial charge in [0.1, 0.15) is 23.2 Å². The van der Waals surface area contributed by atoms with Crippen molar-refractivity contribution in [3.05, 3.63) is 70.7 Å². The molecule has 3 N–H and O–H groups in total. The SMILES string of the molecule is CCCCCOc1c(Br)cc(C2C(C(=O)Nc3ccccc3OCC)C(=O)CC(C)(O)C2C(=O)Nc2ccccc2OCC)cc1OCC. The average Bonchev–Trinajstić information content (AvgIpc) is 3.05. The van der Waals surface area contributed by atoms with Crippen LogP contribution < -0.4 is 29.6 Å². The number of Topliss-reactive ketones (excluding diaryl/α,β-unsaturated/α-hetero) is 1. The van der Waals surface area contributed by atoms with Crippen LogP contribution in [-0.4, -0.2) is 54.7 Å². The second-order valence-electron chi connectivity index (χ2n) is 12.1. The summed E-state index contributed by atoms with van der Waals surface area (Å²) in [4.78, 5) is 42.7. The number of amides is 2. The number of hydrogen-bond acceptors (Lipinski definition) is 8. The molecular formula is C38H47BrN2O8. The zero-order valence-electron chi connectivity index (χ0n) is 28.8. The molecule has 49 heavy (non-hydrogen) atoms. The van der Waals surface area contributed by atoms with Gasteiger partial charge in [0.2, 0.25) is 11.8 Å². The van der Waals surface area contributed by atoms with Crippen molar-refractivity contribution in [2.75, 3.05) is 37.1 Å². The zero-order chi connectivity index (χ0) is 35.6. The van der Waals surface area contributed by atoms with Crippen LogP contribution in [0.25, 0.3) is 0 Å². The van der Waals surface area contributed by atoms with Gasteiger partial charge in [0, 0.05) is 12.3 Å². The second-order valence-corrected chi connectivity index (χ2v) is 13.0. The van der Waals surface area contributed by atoms with Gasteiger partial charge < -0.3 is 34.7 Å². The van der Waals surface area contributed by atoms with Gasteiger partial charge in [-0.15, -0.1) is 0 Å². The Hall–Kier alpha value is -4.09. The van der Waals surface area contributed by atoms with Gasteiger partial charge in [-0.2, -0.15) is 0 Å². The average molecular weight is 740 g/mol. The Bertz CT molecular complexity index is 1610. The highest BCUT2D eigenvalue weighted by molar-refractivity contribution is 9.10. The predicted molar refractivity (Wildman–Crippen MR) is 193 cm³/mol. The molecule has 10 nitrogen and oxygen atoms in total. The first-order valence-electron chi connectivity index (χ1n) is 17.0. The van der Waals surface area contributed by atoms with Crippen molar-refractivity contribution < 1.29 is 38.4 Å². The van der Waals surface area contributed by atoms with Crippen molar-refractivity contribution in [2.45, 2.75) is 71.8 Å². The van der Waals surface area contributed by atoms with Crippen molar-refractivity contribution in [2.24, 2.45) is 11.8 Å². The third kappa shape index (κ3) is 9.13. The van der Waals surface area contributed by atoms with Gasteiger partial charge in [0.25, 0.3) is 0 Å². The molecule has 264 valence electrons. The molecule has 0 heterocycles. The molecule has 0 saturated heterocycles. The minimum absolute atomic E-state index is 0.318. The Morgan fingerprint density at radius 3 is 1.94 bits per heavy atom. The van der Waals surface area contributed by atoms with Gasteiger partial charge in [0.05, 0.1) is 53.8 Å². The number of para-hydroxylation sites is 4. The number of aliphatic hydroxyl groups is 1. The number of anilines is 2. The van der Waals surface area contributed by atoms with Crippen molar-refractivity contribution >= 4 is 44.9 Å². The van der Waals surface area contributed by atoms with E-state index in [0.717, 1.165) is 19.3 Å². The molecule has 0 aromatic heterocycles. The van der Waals surface area contributed by atoms with E-state index in [9.17, 15) is 19.5 Å². The summed E-state index contributed by atoms with van der Waals surface area (Å²) in [6, 6.07) is 17.4. The number of ketones is 1. The molecule has 1 saturated carbocycles. The molecule has 1 aliphatic carbocycles. The van der Waals surface area contributed by atoms with Crippen LogP contribution >= 0.6 is 15.9 Å². The fourth-order valence-electron chi connectivity index (χ4n) is 6.33. The number of rotatable bonds is 16. The maximum atomic E-state index is 14.4. The highest BCUT2D eigenvalue weighted by Crippen LogP contribution is 2.50. The Kier molecular flexibility index (Phi) is 13.5. The van der Waals surface area contributed by atoms with Crippen LogP contribution in [0.2, 0.25) is 0 Å². The molecule has 1 fully saturated rings. The molecule has 0 spiro atoms. The highest BCUT2D eigenvalue weighted by atomic mass is 79.9. The van der Waals surface area contributed by atoms with E-state index in [1.807, 2.05) is 20.8 Å². The maximum Gasteiger partial charge on any atom is 0.235 e. The van der Waals surface area contributed by atoms with Crippen LogP contribution in [0, 0.1) is 11.8 Å². The second kappa shape index (κ2) is 17.5. The minimum Gasteiger partial charge on any atom is -0.492 e. The molecule has 0 bridgehead atoms. The van der Waals surface area contributed by atoms with E-state index in [0.29, 0.717) is 70.8 Å². The van der Waals surface area contributed by atoms with Crippen molar-refractivity contribution in [3.8, 4) is 23.0 Å². The minimum atomic E-state index is -1.82. The molecule has 2 amide bonds. The lowest BCUT2D eigenvalue weighted by atomic mass is 9.61. The van der Waals surface area contributed by atoms with Gasteiger partial charge in [0.15, 0.2) is 11.5 Å². The normalized spacial score (nSPS) is 20.3. The summed E-state index contributed by atoms with van der Waals surface area (Å²) in [6.07, 6.45) is 2.48.